The van der Waals surface area contributed by atoms with E-state index in [-0.39, 0.29) is 0 Å². The molecule has 6 heteroatoms. The summed E-state index contributed by atoms with van der Waals surface area (Å²) < 4.78 is 1.64. The molecular weight excluding hydrogens is 204 g/mol. The predicted molar refractivity (Wildman–Crippen MR) is 56.0 cm³/mol. The van der Waals surface area contributed by atoms with Gasteiger partial charge in [0.15, 0.2) is 5.82 Å². The summed E-state index contributed by atoms with van der Waals surface area (Å²) in [6, 6.07) is 5.67. The molecule has 0 aliphatic rings. The number of rotatable bonds is 3. The first-order valence-corrected chi connectivity index (χ1v) is 4.76. The number of aromatic nitrogens is 4. The average Bonchev–Trinajstić information content (AvgIpc) is 2.77. The summed E-state index contributed by atoms with van der Waals surface area (Å²) in [5.41, 5.74) is 6.64. The molecule has 2 rings (SSSR count). The zero-order chi connectivity index (χ0) is 11.4. The van der Waals surface area contributed by atoms with Crippen LogP contribution in [0.4, 0.5) is 0 Å². The van der Waals surface area contributed by atoms with E-state index in [2.05, 4.69) is 15.1 Å². The van der Waals surface area contributed by atoms with Gasteiger partial charge in [-0.3, -0.25) is 0 Å². The zero-order valence-electron chi connectivity index (χ0n) is 8.54. The van der Waals surface area contributed by atoms with Crippen LogP contribution in [0.1, 0.15) is 17.1 Å². The second kappa shape index (κ2) is 4.51. The molecule has 0 saturated carbocycles. The molecule has 2 aromatic rings. The second-order valence-corrected chi connectivity index (χ2v) is 3.19. The molecule has 80 valence electrons. The molecule has 0 bridgehead atoms. The third-order valence-corrected chi connectivity index (χ3v) is 2.10. The zero-order valence-corrected chi connectivity index (χ0v) is 8.54. The molecule has 0 saturated heterocycles. The number of hydrogen-bond acceptors (Lipinski definition) is 5. The van der Waals surface area contributed by atoms with Crippen LogP contribution in [0.2, 0.25) is 0 Å². The largest absolute Gasteiger partial charge is 0.324 e. The highest BCUT2D eigenvalue weighted by Gasteiger charge is 2.04. The van der Waals surface area contributed by atoms with Crippen molar-refractivity contribution in [2.75, 3.05) is 0 Å². The van der Waals surface area contributed by atoms with Gasteiger partial charge in [0, 0.05) is 11.8 Å². The van der Waals surface area contributed by atoms with E-state index in [1.54, 1.807) is 23.3 Å². The van der Waals surface area contributed by atoms with Gasteiger partial charge in [0.2, 0.25) is 0 Å². The van der Waals surface area contributed by atoms with Crippen molar-refractivity contribution < 1.29 is 0 Å². The van der Waals surface area contributed by atoms with E-state index in [0.29, 0.717) is 24.6 Å². The Labute approximate surface area is 92.4 Å². The molecule has 2 heterocycles. The highest BCUT2D eigenvalue weighted by Crippen LogP contribution is 2.05. The lowest BCUT2D eigenvalue weighted by molar-refractivity contribution is 0.668. The Balaban J connectivity index is 2.24. The van der Waals surface area contributed by atoms with E-state index in [9.17, 15) is 0 Å². The van der Waals surface area contributed by atoms with Crippen LogP contribution in [0.3, 0.4) is 0 Å². The molecule has 0 spiro atoms. The Hall–Kier alpha value is -2.26. The maximum absolute atomic E-state index is 8.87. The third kappa shape index (κ3) is 2.04. The Morgan fingerprint density at radius 2 is 2.31 bits per heavy atom. The quantitative estimate of drug-likeness (QED) is 0.779. The van der Waals surface area contributed by atoms with E-state index in [0.717, 1.165) is 5.56 Å². The summed E-state index contributed by atoms with van der Waals surface area (Å²) in [4.78, 5) is 7.98. The Kier molecular flexibility index (Phi) is 2.89. The smallest absolute Gasteiger partial charge is 0.164 e. The van der Waals surface area contributed by atoms with Gasteiger partial charge in [-0.2, -0.15) is 10.4 Å². The van der Waals surface area contributed by atoms with E-state index >= 15 is 0 Å². The first-order chi connectivity index (χ1) is 7.83. The molecule has 0 radical (unpaired) electrons. The molecule has 0 fully saturated rings. The SMILES string of the molecule is N#Cc1ncccc1Cn1cnc(CN)n1. The molecule has 0 atom stereocenters. The fourth-order valence-electron chi connectivity index (χ4n) is 1.34. The monoisotopic (exact) mass is 214 g/mol. The Bertz CT molecular complexity index is 524. The van der Waals surface area contributed by atoms with E-state index in [4.69, 9.17) is 11.0 Å². The first-order valence-electron chi connectivity index (χ1n) is 4.76. The lowest BCUT2D eigenvalue weighted by atomic mass is 10.2. The van der Waals surface area contributed by atoms with Crippen molar-refractivity contribution in [2.24, 2.45) is 5.73 Å². The molecule has 0 amide bonds. The van der Waals surface area contributed by atoms with Gasteiger partial charge in [-0.15, -0.1) is 0 Å². The first kappa shape index (κ1) is 10.3. The van der Waals surface area contributed by atoms with Crippen molar-refractivity contribution in [3.8, 4) is 6.07 Å². The standard InChI is InChI=1S/C10H10N6/c11-4-9-8(2-1-3-13-9)6-16-7-14-10(5-12)15-16/h1-3,7H,5-6,12H2. The molecule has 0 aliphatic carbocycles. The summed E-state index contributed by atoms with van der Waals surface area (Å²) in [6.45, 7) is 0.787. The van der Waals surface area contributed by atoms with Gasteiger partial charge in [-0.25, -0.2) is 14.6 Å². The van der Waals surface area contributed by atoms with Crippen LogP contribution in [0.25, 0.3) is 0 Å². The number of hydrogen-bond donors (Lipinski definition) is 1. The van der Waals surface area contributed by atoms with E-state index < -0.39 is 0 Å². The molecular formula is C10H10N6. The minimum atomic E-state index is 0.311. The van der Waals surface area contributed by atoms with Crippen molar-refractivity contribution in [1.82, 2.24) is 19.7 Å². The van der Waals surface area contributed by atoms with Crippen molar-refractivity contribution in [2.45, 2.75) is 13.1 Å². The minimum absolute atomic E-state index is 0.311. The maximum atomic E-state index is 8.87. The minimum Gasteiger partial charge on any atom is -0.324 e. The van der Waals surface area contributed by atoms with Crippen molar-refractivity contribution in [3.63, 3.8) is 0 Å². The summed E-state index contributed by atoms with van der Waals surface area (Å²) in [7, 11) is 0. The van der Waals surface area contributed by atoms with E-state index in [1.165, 1.54) is 0 Å². The van der Waals surface area contributed by atoms with Crippen LogP contribution < -0.4 is 5.73 Å². The van der Waals surface area contributed by atoms with Crippen LogP contribution >= 0.6 is 0 Å². The fourth-order valence-corrected chi connectivity index (χ4v) is 1.34. The normalized spacial score (nSPS) is 10.0. The predicted octanol–water partition coefficient (Wildman–Crippen LogP) is 0.0518. The average molecular weight is 214 g/mol. The van der Waals surface area contributed by atoms with Crippen LogP contribution in [-0.2, 0) is 13.1 Å². The van der Waals surface area contributed by atoms with Gasteiger partial charge in [-0.1, -0.05) is 6.07 Å². The van der Waals surface area contributed by atoms with Crippen molar-refractivity contribution >= 4 is 0 Å². The van der Waals surface area contributed by atoms with Gasteiger partial charge in [0.25, 0.3) is 0 Å². The molecule has 16 heavy (non-hydrogen) atoms. The lowest BCUT2D eigenvalue weighted by Crippen LogP contribution is -2.05. The lowest BCUT2D eigenvalue weighted by Gasteiger charge is -2.01. The summed E-state index contributed by atoms with van der Waals surface area (Å²) in [6.07, 6.45) is 3.19. The Morgan fingerprint density at radius 1 is 1.44 bits per heavy atom. The summed E-state index contributed by atoms with van der Waals surface area (Å²) >= 11 is 0. The molecule has 2 N–H and O–H groups in total. The summed E-state index contributed by atoms with van der Waals surface area (Å²) in [5, 5.41) is 13.0. The molecule has 6 nitrogen and oxygen atoms in total. The highest BCUT2D eigenvalue weighted by atomic mass is 15.3. The van der Waals surface area contributed by atoms with Gasteiger partial charge in [0.05, 0.1) is 13.1 Å². The number of nitrogens with two attached hydrogens (primary N) is 1. The maximum Gasteiger partial charge on any atom is 0.164 e. The number of nitrogens with zero attached hydrogens (tertiary/aromatic N) is 5. The second-order valence-electron chi connectivity index (χ2n) is 3.19. The third-order valence-electron chi connectivity index (χ3n) is 2.10. The Morgan fingerprint density at radius 3 is 3.00 bits per heavy atom. The van der Waals surface area contributed by atoms with Crippen LogP contribution in [0.5, 0.6) is 0 Å². The molecule has 0 aromatic carbocycles. The molecule has 0 aliphatic heterocycles. The number of nitriles is 1. The van der Waals surface area contributed by atoms with Crippen molar-refractivity contribution in [3.05, 3.63) is 41.7 Å². The topological polar surface area (TPSA) is 93.4 Å². The van der Waals surface area contributed by atoms with Gasteiger partial charge >= 0.3 is 0 Å². The highest BCUT2D eigenvalue weighted by molar-refractivity contribution is 5.30. The molecule has 2 aromatic heterocycles. The van der Waals surface area contributed by atoms with E-state index in [1.807, 2.05) is 12.1 Å². The van der Waals surface area contributed by atoms with Gasteiger partial charge in [0.1, 0.15) is 18.1 Å². The van der Waals surface area contributed by atoms with Crippen LogP contribution in [0.15, 0.2) is 24.7 Å². The fraction of sp³-hybridized carbons (Fsp3) is 0.200. The van der Waals surface area contributed by atoms with Gasteiger partial charge < -0.3 is 5.73 Å². The molecule has 0 unspecified atom stereocenters. The van der Waals surface area contributed by atoms with Crippen LogP contribution in [0, 0.1) is 11.3 Å². The van der Waals surface area contributed by atoms with Crippen molar-refractivity contribution in [1.29, 1.82) is 5.26 Å². The van der Waals surface area contributed by atoms with Crippen LogP contribution in [-0.4, -0.2) is 19.7 Å². The summed E-state index contributed by atoms with van der Waals surface area (Å²) in [5.74, 6) is 0.586. The van der Waals surface area contributed by atoms with Gasteiger partial charge in [-0.05, 0) is 6.07 Å². The number of pyridine rings is 1.